The molecule has 1 aliphatic heterocycles. The molecule has 0 bridgehead atoms. The zero-order valence-corrected chi connectivity index (χ0v) is 5.61. The lowest BCUT2D eigenvalue weighted by molar-refractivity contribution is -0.0711. The van der Waals surface area contributed by atoms with Gasteiger partial charge in [-0.3, -0.25) is 0 Å². The van der Waals surface area contributed by atoms with Crippen molar-refractivity contribution in [2.75, 3.05) is 26.4 Å². The third kappa shape index (κ3) is 1.76. The van der Waals surface area contributed by atoms with Gasteiger partial charge in [-0.2, -0.15) is 0 Å². The Labute approximate surface area is 51.6 Å². The van der Waals surface area contributed by atoms with Gasteiger partial charge >= 0.3 is 16.3 Å². The maximum absolute atomic E-state index is 5.05. The van der Waals surface area contributed by atoms with Crippen LogP contribution in [0, 0.1) is 0 Å². The average molecular weight is 168 g/mol. The van der Waals surface area contributed by atoms with Gasteiger partial charge in [0.05, 0.1) is 0 Å². The second-order valence-corrected chi connectivity index (χ2v) is 2.36. The molecule has 0 spiro atoms. The van der Waals surface area contributed by atoms with E-state index in [0.29, 0.717) is 0 Å². The molecule has 0 unspecified atom stereocenters. The topological polar surface area (TPSA) is 11.9 Å². The molecule has 1 heterocycles. The Hall–Kier alpha value is 0.400. The Balaban J connectivity index is 2.12. The van der Waals surface area contributed by atoms with E-state index in [1.165, 1.54) is 0 Å². The first-order valence-electron chi connectivity index (χ1n) is 2.31. The summed E-state index contributed by atoms with van der Waals surface area (Å²) in [6.45, 7) is 3.52. The van der Waals surface area contributed by atoms with Crippen LogP contribution in [0.4, 0.5) is 0 Å². The van der Waals surface area contributed by atoms with Gasteiger partial charge < -0.3 is 8.20 Å². The lowest BCUT2D eigenvalue weighted by atomic mass is 10.6. The maximum Gasteiger partial charge on any atom is 0.373 e. The van der Waals surface area contributed by atoms with E-state index in [0.717, 1.165) is 26.4 Å². The fourth-order valence-corrected chi connectivity index (χ4v) is 0.767. The summed E-state index contributed by atoms with van der Waals surface area (Å²) in [6.07, 6.45) is 0. The molecule has 42 valence electrons. The summed E-state index contributed by atoms with van der Waals surface area (Å²) in [5.74, 6) is 0. The Bertz CT molecular complexity index is 51.7. The summed E-state index contributed by atoms with van der Waals surface area (Å²) in [4.78, 5) is 0. The van der Waals surface area contributed by atoms with E-state index in [9.17, 15) is 0 Å². The molecule has 0 aromatic heterocycles. The zero-order valence-electron chi connectivity index (χ0n) is 4.02. The third-order valence-electron chi connectivity index (χ3n) is 0.898. The Morgan fingerprint density at radius 3 is 2.14 bits per heavy atom. The highest BCUT2D eigenvalue weighted by atomic mass is 79.9. The molecule has 0 radical (unpaired) electrons. The molecular weight excluding hydrogens is 160 g/mol. The van der Waals surface area contributed by atoms with Gasteiger partial charge in [0.1, 0.15) is 13.2 Å². The van der Waals surface area contributed by atoms with E-state index in [1.807, 2.05) is 0 Å². The van der Waals surface area contributed by atoms with Gasteiger partial charge in [-0.05, 0) is 0 Å². The van der Waals surface area contributed by atoms with Crippen molar-refractivity contribution >= 4 is 16.3 Å². The van der Waals surface area contributed by atoms with Crippen molar-refractivity contribution in [3.05, 3.63) is 0 Å². The summed E-state index contributed by atoms with van der Waals surface area (Å²) >= 11 is 3.26. The lowest BCUT2D eigenvalue weighted by Crippen LogP contribution is -2.22. The molecule has 0 N–H and O–H groups in total. The smallest absolute Gasteiger partial charge is 0.365 e. The molecule has 0 amide bonds. The quantitative estimate of drug-likeness (QED) is 0.489. The van der Waals surface area contributed by atoms with Crippen molar-refractivity contribution in [2.45, 2.75) is 0 Å². The minimum absolute atomic E-state index is 0.829. The molecular formula is C4H8BrO2+. The van der Waals surface area contributed by atoms with Crippen LogP contribution in [0.15, 0.2) is 0 Å². The zero-order chi connectivity index (χ0) is 5.11. The van der Waals surface area contributed by atoms with Crippen LogP contribution in [0.5, 0.6) is 0 Å². The molecule has 0 saturated carbocycles. The maximum atomic E-state index is 5.05. The van der Waals surface area contributed by atoms with Crippen molar-refractivity contribution in [3.63, 3.8) is 0 Å². The van der Waals surface area contributed by atoms with E-state index < -0.39 is 0 Å². The number of hydrogen-bond donors (Lipinski definition) is 0. The van der Waals surface area contributed by atoms with Gasteiger partial charge in [0.15, 0.2) is 13.2 Å². The van der Waals surface area contributed by atoms with Crippen LogP contribution >= 0.6 is 16.3 Å². The number of hydrogen-bond acceptors (Lipinski definition) is 1. The minimum Gasteiger partial charge on any atom is -0.365 e. The predicted octanol–water partition coefficient (Wildman–Crippen LogP) is 0.879. The molecule has 2 nitrogen and oxygen atoms in total. The summed E-state index contributed by atoms with van der Waals surface area (Å²) < 4.78 is 7.81. The predicted molar refractivity (Wildman–Crippen MR) is 30.6 cm³/mol. The van der Waals surface area contributed by atoms with E-state index >= 15 is 0 Å². The molecule has 7 heavy (non-hydrogen) atoms. The van der Waals surface area contributed by atoms with E-state index in [1.54, 1.807) is 0 Å². The van der Waals surface area contributed by atoms with Crippen LogP contribution in [0.2, 0.25) is 0 Å². The highest BCUT2D eigenvalue weighted by molar-refractivity contribution is 9.06. The van der Waals surface area contributed by atoms with Crippen molar-refractivity contribution < 1.29 is 8.20 Å². The molecule has 1 rings (SSSR count). The fourth-order valence-electron chi connectivity index (χ4n) is 0.503. The Kier molecular flexibility index (Phi) is 2.09. The van der Waals surface area contributed by atoms with Crippen LogP contribution in [0.1, 0.15) is 0 Å². The van der Waals surface area contributed by atoms with Gasteiger partial charge in [0, 0.05) is 0 Å². The van der Waals surface area contributed by atoms with Crippen LogP contribution in [0.3, 0.4) is 0 Å². The van der Waals surface area contributed by atoms with E-state index in [2.05, 4.69) is 19.7 Å². The van der Waals surface area contributed by atoms with Crippen LogP contribution in [0.25, 0.3) is 0 Å². The molecule has 1 fully saturated rings. The van der Waals surface area contributed by atoms with Crippen molar-refractivity contribution in [1.29, 1.82) is 0 Å². The summed E-state index contributed by atoms with van der Waals surface area (Å²) in [7, 11) is 0. The second-order valence-electron chi connectivity index (χ2n) is 1.44. The molecule has 0 aromatic rings. The molecule has 0 aliphatic carbocycles. The molecule has 1 saturated heterocycles. The lowest BCUT2D eigenvalue weighted by Gasteiger charge is -2.14. The average Bonchev–Trinajstić information content (AvgIpc) is 1.69. The normalized spacial score (nSPS) is 25.3. The number of ether oxygens (including phenoxy) is 1. The van der Waals surface area contributed by atoms with Gasteiger partial charge in [0.25, 0.3) is 0 Å². The van der Waals surface area contributed by atoms with Crippen molar-refractivity contribution in [2.24, 2.45) is 0 Å². The summed E-state index contributed by atoms with van der Waals surface area (Å²) in [6, 6.07) is 0. The van der Waals surface area contributed by atoms with Crippen LogP contribution < -0.4 is 0 Å². The highest BCUT2D eigenvalue weighted by Gasteiger charge is 2.11. The second kappa shape index (κ2) is 2.64. The van der Waals surface area contributed by atoms with E-state index in [4.69, 9.17) is 4.74 Å². The van der Waals surface area contributed by atoms with Gasteiger partial charge in [0.2, 0.25) is 0 Å². The van der Waals surface area contributed by atoms with Gasteiger partial charge in [-0.25, -0.2) is 0 Å². The Morgan fingerprint density at radius 1 is 1.29 bits per heavy atom. The number of rotatable bonds is 0. The summed E-state index contributed by atoms with van der Waals surface area (Å²) in [5, 5.41) is 0. The van der Waals surface area contributed by atoms with Crippen LogP contribution in [-0.2, 0) is 8.20 Å². The first kappa shape index (κ1) is 5.54. The highest BCUT2D eigenvalue weighted by Crippen LogP contribution is 2.07. The fraction of sp³-hybridized carbons (Fsp3) is 1.00. The van der Waals surface area contributed by atoms with Crippen LogP contribution in [-0.4, -0.2) is 26.4 Å². The third-order valence-corrected chi connectivity index (χ3v) is 1.55. The molecule has 0 atom stereocenters. The first-order chi connectivity index (χ1) is 3.39. The largest absolute Gasteiger partial charge is 0.373 e. The molecule has 3 heteroatoms. The SMILES string of the molecule is Br[O+]1CCOCC1. The van der Waals surface area contributed by atoms with E-state index in [-0.39, 0.29) is 0 Å². The van der Waals surface area contributed by atoms with Crippen molar-refractivity contribution in [1.82, 2.24) is 0 Å². The summed E-state index contributed by atoms with van der Waals surface area (Å²) in [5.41, 5.74) is 0. The van der Waals surface area contributed by atoms with Gasteiger partial charge in [-0.1, -0.05) is 0 Å². The first-order valence-corrected chi connectivity index (χ1v) is 2.96. The molecule has 0 aromatic carbocycles. The Morgan fingerprint density at radius 2 is 1.86 bits per heavy atom. The van der Waals surface area contributed by atoms with Crippen molar-refractivity contribution in [3.8, 4) is 0 Å². The monoisotopic (exact) mass is 167 g/mol. The molecule has 1 aliphatic rings. The minimum atomic E-state index is 0.829. The number of halogens is 1. The standard InChI is InChI=1S/C4H8BrO2/c5-7-3-1-6-2-4-7/h1-4H2/q+1. The van der Waals surface area contributed by atoms with Gasteiger partial charge in [-0.15, -0.1) is 0 Å².